The smallest absolute Gasteiger partial charge is 0.490 e. The lowest BCUT2D eigenvalue weighted by Gasteiger charge is -2.46. The van der Waals surface area contributed by atoms with Gasteiger partial charge in [0.2, 0.25) is 18.0 Å². The number of amides is 4. The number of nitriles is 1. The van der Waals surface area contributed by atoms with Gasteiger partial charge in [-0.1, -0.05) is 13.0 Å². The molecular weight excluding hydrogens is 899 g/mol. The molecule has 352 valence electrons. The Morgan fingerprint density at radius 3 is 2.26 bits per heavy atom. The van der Waals surface area contributed by atoms with Crippen molar-refractivity contribution < 1.29 is 59.8 Å². The first-order chi connectivity index (χ1) is 30.9. The van der Waals surface area contributed by atoms with E-state index in [1.807, 2.05) is 11.8 Å². The molecule has 0 aliphatic carbocycles. The molecule has 3 N–H and O–H groups in total. The molecule has 3 fully saturated rings. The van der Waals surface area contributed by atoms with Crippen molar-refractivity contribution in [1.82, 2.24) is 15.1 Å². The van der Waals surface area contributed by atoms with Crippen molar-refractivity contribution in [2.45, 2.75) is 96.1 Å². The van der Waals surface area contributed by atoms with E-state index >= 15 is 0 Å². The summed E-state index contributed by atoms with van der Waals surface area (Å²) < 4.78 is 93.1. The van der Waals surface area contributed by atoms with Crippen molar-refractivity contribution in [3.63, 3.8) is 0 Å². The van der Waals surface area contributed by atoms with Crippen molar-refractivity contribution in [3.8, 4) is 11.8 Å². The second-order valence-electron chi connectivity index (χ2n) is 16.5. The van der Waals surface area contributed by atoms with Crippen molar-refractivity contribution in [1.29, 1.82) is 5.26 Å². The highest BCUT2D eigenvalue weighted by molar-refractivity contribution is 7.81. The van der Waals surface area contributed by atoms with Gasteiger partial charge in [0.25, 0.3) is 11.8 Å². The van der Waals surface area contributed by atoms with Crippen LogP contribution in [0.5, 0.6) is 5.75 Å². The van der Waals surface area contributed by atoms with Crippen molar-refractivity contribution in [2.75, 3.05) is 46.7 Å². The molecule has 15 nitrogen and oxygen atoms in total. The Morgan fingerprint density at radius 2 is 1.64 bits per heavy atom. The lowest BCUT2D eigenvalue weighted by Crippen LogP contribution is -2.63. The zero-order valence-corrected chi connectivity index (χ0v) is 37.1. The summed E-state index contributed by atoms with van der Waals surface area (Å²) in [6.07, 6.45) is -11.4. The number of carbonyl (C=O) groups excluding carboxylic acids is 5. The predicted molar refractivity (Wildman–Crippen MR) is 232 cm³/mol. The van der Waals surface area contributed by atoms with Gasteiger partial charge in [0.05, 0.1) is 22.9 Å². The highest BCUT2D eigenvalue weighted by Gasteiger charge is 2.51. The number of nitrogens with one attached hydrogen (secondary N) is 3. The number of esters is 1. The van der Waals surface area contributed by atoms with Gasteiger partial charge in [-0.2, -0.15) is 31.6 Å². The minimum Gasteiger partial charge on any atom is -0.492 e. The number of ether oxygens (including phenoxy) is 2. The second-order valence-corrected chi connectivity index (χ2v) is 16.9. The van der Waals surface area contributed by atoms with Crippen molar-refractivity contribution >= 4 is 69.7 Å². The van der Waals surface area contributed by atoms with Gasteiger partial charge < -0.3 is 25.0 Å². The molecule has 4 atom stereocenters. The minimum absolute atomic E-state index is 0.0673. The molecule has 0 aromatic heterocycles. The van der Waals surface area contributed by atoms with Gasteiger partial charge in [0, 0.05) is 55.2 Å². The van der Waals surface area contributed by atoms with Crippen LogP contribution in [0.1, 0.15) is 64.2 Å². The fraction of sp³-hybridized carbons (Fsp3) is 0.432. The Balaban J connectivity index is 1.11. The molecule has 0 bridgehead atoms. The van der Waals surface area contributed by atoms with Gasteiger partial charge >= 0.3 is 18.3 Å². The van der Waals surface area contributed by atoms with E-state index in [2.05, 4.69) is 16.0 Å². The summed E-state index contributed by atoms with van der Waals surface area (Å²) in [6, 6.07) is 13.7. The Morgan fingerprint density at radius 1 is 0.970 bits per heavy atom. The molecule has 3 saturated heterocycles. The Labute approximate surface area is 380 Å². The highest BCUT2D eigenvalue weighted by Crippen LogP contribution is 2.41. The number of rotatable bonds is 13. The molecule has 4 amide bonds. The van der Waals surface area contributed by atoms with Gasteiger partial charge in [-0.05, 0) is 113 Å². The van der Waals surface area contributed by atoms with E-state index in [0.717, 1.165) is 22.6 Å². The second kappa shape index (κ2) is 19.3. The van der Waals surface area contributed by atoms with Crippen LogP contribution in [0.3, 0.4) is 0 Å². The fourth-order valence-corrected chi connectivity index (χ4v) is 8.82. The van der Waals surface area contributed by atoms with Crippen molar-refractivity contribution in [3.05, 3.63) is 77.4 Å². The zero-order valence-electron chi connectivity index (χ0n) is 36.3. The van der Waals surface area contributed by atoms with Gasteiger partial charge in [0.1, 0.15) is 23.9 Å². The van der Waals surface area contributed by atoms with Gasteiger partial charge in [0.15, 0.2) is 5.11 Å². The quantitative estimate of drug-likeness (QED) is 0.0775. The standard InChI is InChI=1S/C44H46F6N8O7S/c1-6-26-18-31(58-41(66)57(39(62)42(58,4)5)30-11-10-27(21-51)32(20-30)43(45,46)47)12-14-34(26)64-17-16-55-22-24(2)56(25(3)23-55)38(65-40(63)44(48,49)50)37(61)53-29-9-7-8-28(19-29)52-33-13-15-35(59)54-36(33)60/h7-12,14,18-20,24-25,33,38,52H,6,13,15-17,22-23H2,1-5H3,(H,53,61)(H,54,59,60)/t24-,25-,33?,38?/m1/s1. The summed E-state index contributed by atoms with van der Waals surface area (Å²) in [7, 11) is 0. The van der Waals surface area contributed by atoms with Crippen molar-refractivity contribution in [2.24, 2.45) is 0 Å². The van der Waals surface area contributed by atoms with E-state index in [4.69, 9.17) is 21.7 Å². The molecule has 0 saturated carbocycles. The summed E-state index contributed by atoms with van der Waals surface area (Å²) in [4.78, 5) is 69.4. The topological polar surface area (TPSA) is 177 Å². The Kier molecular flexibility index (Phi) is 14.3. The van der Waals surface area contributed by atoms with E-state index in [-0.39, 0.29) is 49.0 Å². The Bertz CT molecular complexity index is 2450. The molecule has 22 heteroatoms. The van der Waals surface area contributed by atoms with Crippen LogP contribution in [-0.4, -0.2) is 107 Å². The molecule has 3 heterocycles. The van der Waals surface area contributed by atoms with E-state index < -0.39 is 83.0 Å². The van der Waals surface area contributed by atoms with Crippen LogP contribution < -0.4 is 30.5 Å². The predicted octanol–water partition coefficient (Wildman–Crippen LogP) is 6.12. The number of carbonyl (C=O) groups is 5. The first-order valence-electron chi connectivity index (χ1n) is 20.8. The first-order valence-corrected chi connectivity index (χ1v) is 21.2. The zero-order chi connectivity index (χ0) is 48.5. The molecule has 0 radical (unpaired) electrons. The number of hydrogen-bond donors (Lipinski definition) is 3. The highest BCUT2D eigenvalue weighted by atomic mass is 32.1. The normalized spacial score (nSPS) is 21.0. The van der Waals surface area contributed by atoms with E-state index in [1.54, 1.807) is 56.9 Å². The number of hydrogen-bond acceptors (Lipinski definition) is 12. The van der Waals surface area contributed by atoms with Gasteiger partial charge in [-0.3, -0.25) is 39.2 Å². The fourth-order valence-electron chi connectivity index (χ4n) is 8.30. The summed E-state index contributed by atoms with van der Waals surface area (Å²) >= 11 is 5.69. The van der Waals surface area contributed by atoms with E-state index in [0.29, 0.717) is 30.1 Å². The van der Waals surface area contributed by atoms with E-state index in [1.165, 1.54) is 35.2 Å². The molecule has 3 aromatic carbocycles. The van der Waals surface area contributed by atoms with Gasteiger partial charge in [-0.15, -0.1) is 0 Å². The van der Waals surface area contributed by atoms with Crippen LogP contribution in [-0.2, 0) is 41.3 Å². The molecule has 3 aromatic rings. The lowest BCUT2D eigenvalue weighted by molar-refractivity contribution is -0.217. The first kappa shape index (κ1) is 49.1. The molecule has 0 spiro atoms. The SMILES string of the molecule is CCc1cc(N2C(=S)N(c3ccc(C#N)c(C(F)(F)F)c3)C(=O)C2(C)C)ccc1OCCN1C[C@@H](C)N(C(OC(=O)C(F)(F)F)C(=O)Nc2cccc(NC3CCC(=O)NC3=O)c2)[C@H](C)C1. The number of imide groups is 1. The Hall–Kier alpha value is -6.31. The van der Waals surface area contributed by atoms with Crippen LogP contribution in [0.15, 0.2) is 60.7 Å². The summed E-state index contributed by atoms with van der Waals surface area (Å²) in [5.74, 6) is -4.61. The number of aryl methyl sites for hydroxylation is 1. The molecule has 66 heavy (non-hydrogen) atoms. The number of thiocarbonyl (C=S) groups is 1. The number of halogens is 6. The summed E-state index contributed by atoms with van der Waals surface area (Å²) in [5, 5.41) is 16.9. The number of benzene rings is 3. The molecule has 6 rings (SSSR count). The maximum absolute atomic E-state index is 13.8. The average molecular weight is 945 g/mol. The van der Waals surface area contributed by atoms with Crippen LogP contribution in [0.4, 0.5) is 49.1 Å². The van der Waals surface area contributed by atoms with Crippen LogP contribution >= 0.6 is 12.2 Å². The molecule has 2 unspecified atom stereocenters. The third-order valence-corrected chi connectivity index (χ3v) is 11.8. The van der Waals surface area contributed by atoms with Crippen LogP contribution in [0.2, 0.25) is 0 Å². The van der Waals surface area contributed by atoms with Crippen LogP contribution in [0.25, 0.3) is 0 Å². The summed E-state index contributed by atoms with van der Waals surface area (Å²) in [6.45, 7) is 9.39. The number of piperazine rings is 1. The number of nitrogens with zero attached hydrogens (tertiary/aromatic N) is 5. The van der Waals surface area contributed by atoms with Crippen LogP contribution in [0, 0.1) is 11.3 Å². The number of piperidine rings is 1. The molecule has 3 aliphatic heterocycles. The minimum atomic E-state index is -5.39. The maximum atomic E-state index is 13.8. The lowest BCUT2D eigenvalue weighted by atomic mass is 10.0. The third kappa shape index (κ3) is 10.5. The average Bonchev–Trinajstić information content (AvgIpc) is 3.41. The summed E-state index contributed by atoms with van der Waals surface area (Å²) in [5.41, 5.74) is -1.54. The van der Waals surface area contributed by atoms with E-state index in [9.17, 15) is 55.6 Å². The monoisotopic (exact) mass is 944 g/mol. The van der Waals surface area contributed by atoms with Gasteiger partial charge in [-0.25, -0.2) is 4.79 Å². The number of alkyl halides is 6. The molecular formula is C44H46F6N8O7S. The largest absolute Gasteiger partial charge is 0.492 e. The maximum Gasteiger partial charge on any atom is 0.490 e. The number of anilines is 4. The molecule has 3 aliphatic rings. The third-order valence-electron chi connectivity index (χ3n) is 11.4.